The van der Waals surface area contributed by atoms with E-state index in [9.17, 15) is 9.18 Å². The third kappa shape index (κ3) is 3.98. The molecule has 0 bridgehead atoms. The highest BCUT2D eigenvalue weighted by atomic mass is 32.1. The highest BCUT2D eigenvalue weighted by Crippen LogP contribution is 2.34. The molecular weight excluding hydrogens is 413 g/mol. The number of H-pyrrole nitrogens is 1. The van der Waals surface area contributed by atoms with Gasteiger partial charge in [-0.05, 0) is 31.0 Å². The third-order valence-electron chi connectivity index (χ3n) is 5.48. The van der Waals surface area contributed by atoms with Crippen molar-refractivity contribution < 1.29 is 9.18 Å². The summed E-state index contributed by atoms with van der Waals surface area (Å²) in [5, 5.41) is 17.1. The van der Waals surface area contributed by atoms with Gasteiger partial charge in [-0.25, -0.2) is 4.39 Å². The van der Waals surface area contributed by atoms with E-state index in [1.807, 2.05) is 35.2 Å². The van der Waals surface area contributed by atoms with Crippen LogP contribution in [-0.2, 0) is 0 Å². The van der Waals surface area contributed by atoms with Crippen molar-refractivity contribution in [3.05, 3.63) is 77.2 Å². The van der Waals surface area contributed by atoms with Crippen molar-refractivity contribution in [3.8, 4) is 21.8 Å². The molecule has 6 nitrogen and oxygen atoms in total. The van der Waals surface area contributed by atoms with E-state index in [4.69, 9.17) is 0 Å². The number of piperidine rings is 1. The van der Waals surface area contributed by atoms with Crippen molar-refractivity contribution in [2.75, 3.05) is 13.1 Å². The van der Waals surface area contributed by atoms with E-state index in [1.54, 1.807) is 24.3 Å². The van der Waals surface area contributed by atoms with Crippen LogP contribution in [0.2, 0.25) is 0 Å². The summed E-state index contributed by atoms with van der Waals surface area (Å²) >= 11 is 1.40. The molecule has 156 valence electrons. The van der Waals surface area contributed by atoms with Crippen LogP contribution in [0.25, 0.3) is 21.8 Å². The normalized spacial score (nSPS) is 16.4. The minimum absolute atomic E-state index is 0.0711. The number of nitrogens with one attached hydrogen (secondary N) is 1. The van der Waals surface area contributed by atoms with Gasteiger partial charge in [-0.15, -0.1) is 10.2 Å². The van der Waals surface area contributed by atoms with Gasteiger partial charge in [0, 0.05) is 30.1 Å². The van der Waals surface area contributed by atoms with Gasteiger partial charge in [0.25, 0.3) is 5.91 Å². The molecule has 4 aromatic rings. The van der Waals surface area contributed by atoms with E-state index in [0.29, 0.717) is 29.4 Å². The van der Waals surface area contributed by atoms with Crippen molar-refractivity contribution in [3.63, 3.8) is 0 Å². The largest absolute Gasteiger partial charge is 0.337 e. The summed E-state index contributed by atoms with van der Waals surface area (Å²) in [5.41, 5.74) is 2.64. The molecule has 1 aliphatic heterocycles. The first-order chi connectivity index (χ1) is 15.2. The van der Waals surface area contributed by atoms with Crippen LogP contribution in [0.1, 0.15) is 34.3 Å². The summed E-state index contributed by atoms with van der Waals surface area (Å²) in [4.78, 5) is 14.9. The van der Waals surface area contributed by atoms with Crippen LogP contribution in [0.15, 0.2) is 60.7 Å². The Labute approximate surface area is 182 Å². The second kappa shape index (κ2) is 8.39. The molecule has 1 aliphatic rings. The molecule has 0 radical (unpaired) electrons. The molecule has 1 saturated heterocycles. The Morgan fingerprint density at radius 3 is 2.74 bits per heavy atom. The number of nitrogens with zero attached hydrogens (tertiary/aromatic N) is 4. The zero-order chi connectivity index (χ0) is 21.2. The third-order valence-corrected chi connectivity index (χ3v) is 6.60. The first kappa shape index (κ1) is 19.6. The van der Waals surface area contributed by atoms with Crippen LogP contribution in [0, 0.1) is 5.82 Å². The second-order valence-electron chi connectivity index (χ2n) is 7.55. The molecule has 2 aromatic heterocycles. The maximum atomic E-state index is 14.1. The Morgan fingerprint density at radius 1 is 1.10 bits per heavy atom. The van der Waals surface area contributed by atoms with Crippen LogP contribution in [-0.4, -0.2) is 44.3 Å². The summed E-state index contributed by atoms with van der Waals surface area (Å²) < 4.78 is 14.1. The molecular formula is C23H20FN5OS. The fourth-order valence-electron chi connectivity index (χ4n) is 3.86. The Morgan fingerprint density at radius 2 is 1.90 bits per heavy atom. The number of halogens is 1. The van der Waals surface area contributed by atoms with Crippen molar-refractivity contribution in [1.29, 1.82) is 0 Å². The molecule has 0 aliphatic carbocycles. The summed E-state index contributed by atoms with van der Waals surface area (Å²) in [6.07, 6.45) is 1.80. The summed E-state index contributed by atoms with van der Waals surface area (Å²) in [6.45, 7) is 1.25. The van der Waals surface area contributed by atoms with Gasteiger partial charge in [0.05, 0.1) is 5.69 Å². The quantitative estimate of drug-likeness (QED) is 0.504. The molecule has 8 heteroatoms. The molecule has 3 heterocycles. The predicted octanol–water partition coefficient (Wildman–Crippen LogP) is 4.75. The molecule has 31 heavy (non-hydrogen) atoms. The Balaban J connectivity index is 1.31. The van der Waals surface area contributed by atoms with E-state index >= 15 is 0 Å². The maximum absolute atomic E-state index is 14.1. The average Bonchev–Trinajstić information content (AvgIpc) is 3.50. The lowest BCUT2D eigenvalue weighted by Gasteiger charge is -2.31. The lowest BCUT2D eigenvalue weighted by atomic mass is 9.98. The van der Waals surface area contributed by atoms with Gasteiger partial charge in [0.2, 0.25) is 0 Å². The molecule has 2 aromatic carbocycles. The fraction of sp³-hybridized carbons (Fsp3) is 0.217. The number of carbonyl (C=O) groups excluding carboxylic acids is 1. The zero-order valence-corrected chi connectivity index (χ0v) is 17.5. The van der Waals surface area contributed by atoms with E-state index < -0.39 is 0 Å². The molecule has 1 fully saturated rings. The number of aromatic nitrogens is 4. The van der Waals surface area contributed by atoms with E-state index in [1.165, 1.54) is 17.4 Å². The van der Waals surface area contributed by atoms with Crippen molar-refractivity contribution in [1.82, 2.24) is 25.3 Å². The molecule has 1 atom stereocenters. The highest BCUT2D eigenvalue weighted by molar-refractivity contribution is 7.14. The highest BCUT2D eigenvalue weighted by Gasteiger charge is 2.29. The molecule has 0 spiro atoms. The number of rotatable bonds is 4. The maximum Gasteiger partial charge on any atom is 0.271 e. The molecule has 5 rings (SSSR count). The Bertz CT molecular complexity index is 1210. The summed E-state index contributed by atoms with van der Waals surface area (Å²) in [6, 6.07) is 18.1. The topological polar surface area (TPSA) is 74.8 Å². The van der Waals surface area contributed by atoms with Crippen molar-refractivity contribution >= 4 is 17.2 Å². The van der Waals surface area contributed by atoms with E-state index in [-0.39, 0.29) is 17.6 Å². The molecule has 0 saturated carbocycles. The Hall–Kier alpha value is -3.39. The minimum Gasteiger partial charge on any atom is -0.337 e. The number of benzene rings is 2. The van der Waals surface area contributed by atoms with Crippen LogP contribution in [0.3, 0.4) is 0 Å². The number of amides is 1. The van der Waals surface area contributed by atoms with Crippen LogP contribution < -0.4 is 0 Å². The second-order valence-corrected chi connectivity index (χ2v) is 8.56. The van der Waals surface area contributed by atoms with Gasteiger partial charge in [0.15, 0.2) is 5.01 Å². The molecule has 1 amide bonds. The van der Waals surface area contributed by atoms with Gasteiger partial charge >= 0.3 is 0 Å². The smallest absolute Gasteiger partial charge is 0.271 e. The minimum atomic E-state index is -0.306. The summed E-state index contributed by atoms with van der Waals surface area (Å²) in [5.74, 6) is -0.287. The monoisotopic (exact) mass is 433 g/mol. The first-order valence-corrected chi connectivity index (χ1v) is 11.0. The van der Waals surface area contributed by atoms with Crippen molar-refractivity contribution in [2.45, 2.75) is 18.8 Å². The van der Waals surface area contributed by atoms with Gasteiger partial charge in [-0.2, -0.15) is 5.10 Å². The number of likely N-dealkylation sites (tertiary alicyclic amines) is 1. The van der Waals surface area contributed by atoms with Gasteiger partial charge in [0.1, 0.15) is 16.5 Å². The van der Waals surface area contributed by atoms with E-state index in [2.05, 4.69) is 20.4 Å². The number of hydrogen-bond acceptors (Lipinski definition) is 5. The van der Waals surface area contributed by atoms with Gasteiger partial charge in [-0.1, -0.05) is 53.8 Å². The Kier molecular flexibility index (Phi) is 5.30. The number of carbonyl (C=O) groups is 1. The average molecular weight is 434 g/mol. The summed E-state index contributed by atoms with van der Waals surface area (Å²) in [7, 11) is 0. The lowest BCUT2D eigenvalue weighted by Crippen LogP contribution is -2.39. The van der Waals surface area contributed by atoms with Crippen LogP contribution >= 0.6 is 11.3 Å². The van der Waals surface area contributed by atoms with Gasteiger partial charge < -0.3 is 4.90 Å². The van der Waals surface area contributed by atoms with Crippen molar-refractivity contribution in [2.24, 2.45) is 0 Å². The SMILES string of the molecule is O=C(c1cc(-c2ccccc2)n[nH]1)N1CCC[C@@H](c2nnc(-c3ccccc3F)s2)C1. The molecule has 1 N–H and O–H groups in total. The fourth-order valence-corrected chi connectivity index (χ4v) is 4.86. The van der Waals surface area contributed by atoms with Crippen LogP contribution in [0.5, 0.6) is 0 Å². The molecule has 0 unspecified atom stereocenters. The van der Waals surface area contributed by atoms with Gasteiger partial charge in [-0.3, -0.25) is 9.89 Å². The number of aromatic amines is 1. The number of hydrogen-bond donors (Lipinski definition) is 1. The standard InChI is InChI=1S/C23H20FN5OS/c24-18-11-5-4-10-17(18)22-28-27-21(31-22)16-9-6-12-29(14-16)23(30)20-13-19(25-26-20)15-7-2-1-3-8-15/h1-5,7-8,10-11,13,16H,6,9,12,14H2,(H,25,26)/t16-/m1/s1. The first-order valence-electron chi connectivity index (χ1n) is 10.2. The van der Waals surface area contributed by atoms with E-state index in [0.717, 1.165) is 29.1 Å². The van der Waals surface area contributed by atoms with Crippen LogP contribution in [0.4, 0.5) is 4.39 Å². The predicted molar refractivity (Wildman–Crippen MR) is 117 cm³/mol. The lowest BCUT2D eigenvalue weighted by molar-refractivity contribution is 0.0701. The zero-order valence-electron chi connectivity index (χ0n) is 16.7.